The molecule has 3 aromatic carbocycles. The van der Waals surface area contributed by atoms with E-state index < -0.39 is 59.2 Å². The molecule has 0 bridgehead atoms. The fourth-order valence-electron chi connectivity index (χ4n) is 5.85. The molecule has 0 saturated heterocycles. The number of carbonyl (C=O) groups excluding carboxylic acids is 5. The maximum Gasteiger partial charge on any atom is 0.408 e. The number of unbranched alkanes of at least 4 members (excludes halogenated alkanes) is 1. The number of hydrogen-bond acceptors (Lipinski definition) is 8. The number of hydrogen-bond donors (Lipinski definition) is 6. The Labute approximate surface area is 340 Å². The molecular formula is C44H58N6O8. The number of H-pyrrole nitrogens is 1. The van der Waals surface area contributed by atoms with Gasteiger partial charge in [-0.2, -0.15) is 0 Å². The molecule has 312 valence electrons. The first-order valence-electron chi connectivity index (χ1n) is 19.6. The molecule has 0 radical (unpaired) electrons. The van der Waals surface area contributed by atoms with Gasteiger partial charge in [-0.3, -0.25) is 14.4 Å². The highest BCUT2D eigenvalue weighted by atomic mass is 16.6. The lowest BCUT2D eigenvalue weighted by atomic mass is 10.0. The van der Waals surface area contributed by atoms with Crippen LogP contribution < -0.4 is 31.3 Å². The van der Waals surface area contributed by atoms with Crippen molar-refractivity contribution in [3.05, 3.63) is 102 Å². The zero-order valence-corrected chi connectivity index (χ0v) is 34.5. The van der Waals surface area contributed by atoms with Crippen LogP contribution in [-0.2, 0) is 43.3 Å². The van der Waals surface area contributed by atoms with Crippen molar-refractivity contribution < 1.29 is 38.2 Å². The van der Waals surface area contributed by atoms with Gasteiger partial charge in [-0.15, -0.1) is 0 Å². The second kappa shape index (κ2) is 20.9. The maximum absolute atomic E-state index is 13.7. The lowest BCUT2D eigenvalue weighted by Crippen LogP contribution is -2.56. The normalized spacial score (nSPS) is 13.0. The molecule has 4 rings (SSSR count). The summed E-state index contributed by atoms with van der Waals surface area (Å²) < 4.78 is 16.6. The molecule has 1 heterocycles. The highest BCUT2D eigenvalue weighted by Gasteiger charge is 2.29. The van der Waals surface area contributed by atoms with Gasteiger partial charge in [0.1, 0.15) is 41.7 Å². The third-order valence-corrected chi connectivity index (χ3v) is 8.67. The van der Waals surface area contributed by atoms with Gasteiger partial charge in [0.25, 0.3) is 0 Å². The van der Waals surface area contributed by atoms with Crippen molar-refractivity contribution in [1.82, 2.24) is 31.6 Å². The van der Waals surface area contributed by atoms with Crippen LogP contribution in [0.2, 0.25) is 0 Å². The Hall–Kier alpha value is -6.05. The Bertz CT molecular complexity index is 1970. The second-order valence-electron chi connectivity index (χ2n) is 16.1. The molecule has 1 aromatic heterocycles. The summed E-state index contributed by atoms with van der Waals surface area (Å²) in [6.07, 6.45) is 1.94. The number of fused-ring (bicyclic) bond motifs is 1. The average molecular weight is 799 g/mol. The summed E-state index contributed by atoms with van der Waals surface area (Å²) in [5, 5.41) is 14.7. The average Bonchev–Trinajstić information content (AvgIpc) is 3.56. The number of alkyl carbamates (subject to hydrolysis) is 2. The van der Waals surface area contributed by atoms with Gasteiger partial charge in [0.2, 0.25) is 17.7 Å². The van der Waals surface area contributed by atoms with E-state index in [2.05, 4.69) is 31.6 Å². The second-order valence-corrected chi connectivity index (χ2v) is 16.1. The largest absolute Gasteiger partial charge is 0.489 e. The van der Waals surface area contributed by atoms with E-state index in [1.807, 2.05) is 54.6 Å². The lowest BCUT2D eigenvalue weighted by molar-refractivity contribution is -0.132. The van der Waals surface area contributed by atoms with Gasteiger partial charge >= 0.3 is 12.2 Å². The third kappa shape index (κ3) is 15.5. The van der Waals surface area contributed by atoms with E-state index in [0.717, 1.165) is 27.6 Å². The van der Waals surface area contributed by atoms with Gasteiger partial charge in [-0.05, 0) is 96.2 Å². The monoisotopic (exact) mass is 798 g/mol. The van der Waals surface area contributed by atoms with Gasteiger partial charge in [0.15, 0.2) is 0 Å². The molecule has 0 aliphatic heterocycles. The molecule has 3 atom stereocenters. The summed E-state index contributed by atoms with van der Waals surface area (Å²) in [6.45, 7) is 13.1. The zero-order valence-electron chi connectivity index (χ0n) is 34.5. The lowest BCUT2D eigenvalue weighted by Gasteiger charge is -2.25. The molecule has 0 aliphatic rings. The number of aromatic nitrogens is 1. The fourth-order valence-corrected chi connectivity index (χ4v) is 5.85. The molecule has 6 N–H and O–H groups in total. The standard InChI is InChI=1S/C44H58N6O8/c1-29(48-40(53)36(50-42(55)58-44(5,6)7)25-30-19-21-33(22-20-30)56-28-31-15-9-8-10-16-31)38(51)49-37(26-32-27-47-35-18-12-11-17-34(32)35)39(52)45-23-13-14-24-46-41(54)57-43(2,3)4/h8-12,15-22,27,29,36-37,47H,13-14,23-26,28H2,1-7H3,(H,45,52)(H,46,54)(H,48,53)(H,49,51)(H,50,55)/t29-,36+,37+/m1/s1. The number of nitrogens with one attached hydrogen (secondary N) is 6. The number of amides is 5. The van der Waals surface area contributed by atoms with Crippen LogP contribution in [0.5, 0.6) is 5.75 Å². The number of aromatic amines is 1. The topological polar surface area (TPSA) is 189 Å². The summed E-state index contributed by atoms with van der Waals surface area (Å²) in [6, 6.07) is 21.4. The van der Waals surface area contributed by atoms with Crippen LogP contribution in [-0.4, -0.2) is 77.3 Å². The summed E-state index contributed by atoms with van der Waals surface area (Å²) >= 11 is 0. The molecule has 14 nitrogen and oxygen atoms in total. The number of ether oxygens (including phenoxy) is 3. The minimum Gasteiger partial charge on any atom is -0.489 e. The van der Waals surface area contributed by atoms with E-state index in [1.54, 1.807) is 72.0 Å². The van der Waals surface area contributed by atoms with Crippen LogP contribution in [0.15, 0.2) is 85.1 Å². The molecule has 14 heteroatoms. The summed E-state index contributed by atoms with van der Waals surface area (Å²) in [4.78, 5) is 69.0. The Balaban J connectivity index is 1.40. The Morgan fingerprint density at radius 3 is 1.90 bits per heavy atom. The zero-order chi connectivity index (χ0) is 42.3. The van der Waals surface area contributed by atoms with Crippen LogP contribution in [0.25, 0.3) is 10.9 Å². The highest BCUT2D eigenvalue weighted by molar-refractivity contribution is 5.94. The predicted octanol–water partition coefficient (Wildman–Crippen LogP) is 5.84. The first kappa shape index (κ1) is 44.7. The van der Waals surface area contributed by atoms with Crippen LogP contribution >= 0.6 is 0 Å². The number of rotatable bonds is 18. The first-order valence-corrected chi connectivity index (χ1v) is 19.6. The van der Waals surface area contributed by atoms with Gasteiger partial charge in [-0.25, -0.2) is 9.59 Å². The van der Waals surface area contributed by atoms with Crippen molar-refractivity contribution in [2.24, 2.45) is 0 Å². The SMILES string of the molecule is C[C@@H](NC(=O)[C@H](Cc1ccc(OCc2ccccc2)cc1)NC(=O)OC(C)(C)C)C(=O)N[C@@H](Cc1c[nH]c2ccccc12)C(=O)NCCCCNC(=O)OC(C)(C)C. The van der Waals surface area contributed by atoms with E-state index in [9.17, 15) is 24.0 Å². The summed E-state index contributed by atoms with van der Waals surface area (Å²) in [5.74, 6) is -0.972. The predicted molar refractivity (Wildman–Crippen MR) is 222 cm³/mol. The van der Waals surface area contributed by atoms with Crippen LogP contribution in [0.4, 0.5) is 9.59 Å². The Morgan fingerprint density at radius 1 is 0.621 bits per heavy atom. The number of benzene rings is 3. The van der Waals surface area contributed by atoms with E-state index in [-0.39, 0.29) is 12.8 Å². The van der Waals surface area contributed by atoms with E-state index in [1.165, 1.54) is 6.92 Å². The minimum atomic E-state index is -1.10. The van der Waals surface area contributed by atoms with Gasteiger partial charge in [-0.1, -0.05) is 60.7 Å². The van der Waals surface area contributed by atoms with E-state index in [0.29, 0.717) is 38.3 Å². The fraction of sp³-hybridized carbons (Fsp3) is 0.432. The van der Waals surface area contributed by atoms with Gasteiger partial charge < -0.3 is 45.8 Å². The molecular weight excluding hydrogens is 741 g/mol. The quantitative estimate of drug-likeness (QED) is 0.0678. The summed E-state index contributed by atoms with van der Waals surface area (Å²) in [5.41, 5.74) is 2.05. The van der Waals surface area contributed by atoms with Crippen molar-refractivity contribution in [1.29, 1.82) is 0 Å². The van der Waals surface area contributed by atoms with Crippen molar-refractivity contribution >= 4 is 40.8 Å². The van der Waals surface area contributed by atoms with Crippen LogP contribution in [0.1, 0.15) is 78.0 Å². The summed E-state index contributed by atoms with van der Waals surface area (Å²) in [7, 11) is 0. The molecule has 0 saturated carbocycles. The highest BCUT2D eigenvalue weighted by Crippen LogP contribution is 2.20. The smallest absolute Gasteiger partial charge is 0.408 e. The van der Waals surface area contributed by atoms with Crippen molar-refractivity contribution in [2.75, 3.05) is 13.1 Å². The van der Waals surface area contributed by atoms with E-state index in [4.69, 9.17) is 14.2 Å². The molecule has 0 fully saturated rings. The van der Waals surface area contributed by atoms with Crippen LogP contribution in [0.3, 0.4) is 0 Å². The van der Waals surface area contributed by atoms with Crippen molar-refractivity contribution in [3.8, 4) is 5.75 Å². The number of para-hydroxylation sites is 1. The van der Waals surface area contributed by atoms with Crippen LogP contribution in [0, 0.1) is 0 Å². The molecule has 0 unspecified atom stereocenters. The Morgan fingerprint density at radius 2 is 1.22 bits per heavy atom. The first-order chi connectivity index (χ1) is 27.5. The molecule has 58 heavy (non-hydrogen) atoms. The minimum absolute atomic E-state index is 0.0945. The molecule has 4 aromatic rings. The van der Waals surface area contributed by atoms with Crippen molar-refractivity contribution in [2.45, 2.75) is 110 Å². The maximum atomic E-state index is 13.7. The molecule has 0 aliphatic carbocycles. The molecule has 0 spiro atoms. The van der Waals surface area contributed by atoms with Crippen molar-refractivity contribution in [3.63, 3.8) is 0 Å². The molecule has 5 amide bonds. The van der Waals surface area contributed by atoms with Gasteiger partial charge in [0.05, 0.1) is 0 Å². The number of carbonyl (C=O) groups is 5. The third-order valence-electron chi connectivity index (χ3n) is 8.67. The van der Waals surface area contributed by atoms with E-state index >= 15 is 0 Å². The van der Waals surface area contributed by atoms with Gasteiger partial charge in [0, 0.05) is 43.0 Å². The Kier molecular flexibility index (Phi) is 16.1.